The van der Waals surface area contributed by atoms with Gasteiger partial charge in [-0.15, -0.1) is 0 Å². The van der Waals surface area contributed by atoms with Crippen LogP contribution in [-0.2, 0) is 4.74 Å². The standard InChI is InChI=1S/C15H19NO2/c16-14-9-18-8-13(14)15(17)12-6-2-5-11(7-12)10-3-1-4-10/h2,5-7,10,13-14H,1,3-4,8-9,16H2. The van der Waals surface area contributed by atoms with Crippen molar-refractivity contribution in [1.29, 1.82) is 0 Å². The predicted molar refractivity (Wildman–Crippen MR) is 69.6 cm³/mol. The summed E-state index contributed by atoms with van der Waals surface area (Å²) >= 11 is 0. The van der Waals surface area contributed by atoms with Crippen molar-refractivity contribution in [3.05, 3.63) is 35.4 Å². The molecule has 1 aliphatic carbocycles. The molecular formula is C15H19NO2. The molecule has 3 rings (SSSR count). The van der Waals surface area contributed by atoms with Crippen LogP contribution >= 0.6 is 0 Å². The van der Waals surface area contributed by atoms with Crippen molar-refractivity contribution >= 4 is 5.78 Å². The Morgan fingerprint density at radius 1 is 1.28 bits per heavy atom. The molecule has 18 heavy (non-hydrogen) atoms. The van der Waals surface area contributed by atoms with Gasteiger partial charge in [-0.05, 0) is 30.4 Å². The van der Waals surface area contributed by atoms with Crippen molar-refractivity contribution in [3.63, 3.8) is 0 Å². The van der Waals surface area contributed by atoms with Gasteiger partial charge < -0.3 is 10.5 Å². The van der Waals surface area contributed by atoms with Gasteiger partial charge in [0.15, 0.2) is 5.78 Å². The van der Waals surface area contributed by atoms with E-state index in [4.69, 9.17) is 10.5 Å². The van der Waals surface area contributed by atoms with E-state index in [1.165, 1.54) is 24.8 Å². The first-order valence-electron chi connectivity index (χ1n) is 6.73. The monoisotopic (exact) mass is 245 g/mol. The van der Waals surface area contributed by atoms with Crippen LogP contribution in [0.3, 0.4) is 0 Å². The first-order chi connectivity index (χ1) is 8.75. The molecule has 1 aliphatic heterocycles. The van der Waals surface area contributed by atoms with E-state index in [1.54, 1.807) is 0 Å². The Kier molecular flexibility index (Phi) is 3.18. The maximum atomic E-state index is 12.4. The van der Waals surface area contributed by atoms with Crippen molar-refractivity contribution in [1.82, 2.24) is 0 Å². The third-order valence-corrected chi connectivity index (χ3v) is 4.21. The van der Waals surface area contributed by atoms with Crippen LogP contribution in [0.2, 0.25) is 0 Å². The van der Waals surface area contributed by atoms with Crippen molar-refractivity contribution in [2.75, 3.05) is 13.2 Å². The van der Waals surface area contributed by atoms with Crippen LogP contribution in [0.25, 0.3) is 0 Å². The van der Waals surface area contributed by atoms with Gasteiger partial charge in [-0.2, -0.15) is 0 Å². The molecule has 1 saturated carbocycles. The van der Waals surface area contributed by atoms with Crippen LogP contribution in [0.15, 0.2) is 24.3 Å². The number of carbonyl (C=O) groups excluding carboxylic acids is 1. The summed E-state index contributed by atoms with van der Waals surface area (Å²) in [5.41, 5.74) is 8.01. The molecule has 3 nitrogen and oxygen atoms in total. The Morgan fingerprint density at radius 3 is 2.72 bits per heavy atom. The molecule has 96 valence electrons. The summed E-state index contributed by atoms with van der Waals surface area (Å²) in [5.74, 6) is 0.633. The minimum absolute atomic E-state index is 0.140. The maximum Gasteiger partial charge on any atom is 0.169 e. The number of Topliss-reactive ketones (excluding diaryl/α,β-unsaturated/α-hetero) is 1. The lowest BCUT2D eigenvalue weighted by Crippen LogP contribution is -2.34. The van der Waals surface area contributed by atoms with Crippen LogP contribution in [0, 0.1) is 5.92 Å². The number of carbonyl (C=O) groups is 1. The fourth-order valence-corrected chi connectivity index (χ4v) is 2.74. The molecule has 2 N–H and O–H groups in total. The third kappa shape index (κ3) is 2.08. The number of rotatable bonds is 3. The molecule has 1 aromatic carbocycles. The van der Waals surface area contributed by atoms with Crippen LogP contribution in [0.1, 0.15) is 41.1 Å². The highest BCUT2D eigenvalue weighted by atomic mass is 16.5. The van der Waals surface area contributed by atoms with Gasteiger partial charge >= 0.3 is 0 Å². The number of ketones is 1. The van der Waals surface area contributed by atoms with E-state index < -0.39 is 0 Å². The summed E-state index contributed by atoms with van der Waals surface area (Å²) < 4.78 is 5.28. The quantitative estimate of drug-likeness (QED) is 0.830. The molecular weight excluding hydrogens is 226 g/mol. The van der Waals surface area contributed by atoms with E-state index in [-0.39, 0.29) is 17.7 Å². The first-order valence-corrected chi connectivity index (χ1v) is 6.73. The van der Waals surface area contributed by atoms with Crippen LogP contribution in [0.4, 0.5) is 0 Å². The fraction of sp³-hybridized carbons (Fsp3) is 0.533. The Morgan fingerprint density at radius 2 is 2.11 bits per heavy atom. The summed E-state index contributed by atoms with van der Waals surface area (Å²) in [6.07, 6.45) is 3.82. The topological polar surface area (TPSA) is 52.3 Å². The number of hydrogen-bond acceptors (Lipinski definition) is 3. The van der Waals surface area contributed by atoms with Gasteiger partial charge in [0.2, 0.25) is 0 Å². The minimum atomic E-state index is -0.165. The summed E-state index contributed by atoms with van der Waals surface area (Å²) in [4.78, 5) is 12.4. The number of hydrogen-bond donors (Lipinski definition) is 1. The number of nitrogens with two attached hydrogens (primary N) is 1. The zero-order chi connectivity index (χ0) is 12.5. The highest BCUT2D eigenvalue weighted by Crippen LogP contribution is 2.36. The van der Waals surface area contributed by atoms with Crippen LogP contribution in [-0.4, -0.2) is 25.0 Å². The van der Waals surface area contributed by atoms with Gasteiger partial charge in [0.25, 0.3) is 0 Å². The largest absolute Gasteiger partial charge is 0.379 e. The van der Waals surface area contributed by atoms with Gasteiger partial charge in [-0.1, -0.05) is 24.6 Å². The lowest BCUT2D eigenvalue weighted by Gasteiger charge is -2.26. The van der Waals surface area contributed by atoms with Crippen molar-refractivity contribution in [3.8, 4) is 0 Å². The highest BCUT2D eigenvalue weighted by Gasteiger charge is 2.32. The molecule has 1 saturated heterocycles. The minimum Gasteiger partial charge on any atom is -0.379 e. The molecule has 2 fully saturated rings. The van der Waals surface area contributed by atoms with Gasteiger partial charge in [-0.3, -0.25) is 4.79 Å². The summed E-state index contributed by atoms with van der Waals surface area (Å²) in [7, 11) is 0. The van der Waals surface area contributed by atoms with Gasteiger partial charge in [0, 0.05) is 11.6 Å². The lowest BCUT2D eigenvalue weighted by atomic mass is 9.79. The molecule has 0 bridgehead atoms. The molecule has 0 amide bonds. The second-order valence-corrected chi connectivity index (χ2v) is 5.43. The second-order valence-electron chi connectivity index (χ2n) is 5.43. The molecule has 2 unspecified atom stereocenters. The zero-order valence-electron chi connectivity index (χ0n) is 10.5. The second kappa shape index (κ2) is 4.82. The van der Waals surface area contributed by atoms with Crippen molar-refractivity contribution in [2.45, 2.75) is 31.2 Å². The Hall–Kier alpha value is -1.19. The summed E-state index contributed by atoms with van der Waals surface area (Å²) in [5, 5.41) is 0. The maximum absolute atomic E-state index is 12.4. The van der Waals surface area contributed by atoms with E-state index in [0.29, 0.717) is 19.1 Å². The van der Waals surface area contributed by atoms with E-state index in [2.05, 4.69) is 12.1 Å². The average Bonchev–Trinajstić information content (AvgIpc) is 2.73. The highest BCUT2D eigenvalue weighted by molar-refractivity contribution is 5.98. The third-order valence-electron chi connectivity index (χ3n) is 4.21. The van der Waals surface area contributed by atoms with Gasteiger partial charge in [0.05, 0.1) is 19.1 Å². The van der Waals surface area contributed by atoms with Gasteiger partial charge in [-0.25, -0.2) is 0 Å². The Balaban J connectivity index is 1.80. The van der Waals surface area contributed by atoms with E-state index in [9.17, 15) is 4.79 Å². The molecule has 0 aromatic heterocycles. The fourth-order valence-electron chi connectivity index (χ4n) is 2.74. The smallest absolute Gasteiger partial charge is 0.169 e. The van der Waals surface area contributed by atoms with E-state index in [0.717, 1.165) is 5.56 Å². The number of benzene rings is 1. The molecule has 2 aliphatic rings. The molecule has 2 atom stereocenters. The SMILES string of the molecule is NC1COCC1C(=O)c1cccc(C2CCC2)c1. The lowest BCUT2D eigenvalue weighted by molar-refractivity contribution is 0.0896. The summed E-state index contributed by atoms with van der Waals surface area (Å²) in [6, 6.07) is 7.92. The molecule has 3 heteroatoms. The first kappa shape index (κ1) is 11.9. The van der Waals surface area contributed by atoms with Crippen LogP contribution in [0.5, 0.6) is 0 Å². The van der Waals surface area contributed by atoms with E-state index in [1.807, 2.05) is 12.1 Å². The molecule has 0 spiro atoms. The van der Waals surface area contributed by atoms with Crippen LogP contribution < -0.4 is 5.73 Å². The average molecular weight is 245 g/mol. The van der Waals surface area contributed by atoms with E-state index >= 15 is 0 Å². The van der Waals surface area contributed by atoms with Crippen molar-refractivity contribution in [2.24, 2.45) is 11.7 Å². The molecule has 0 radical (unpaired) electrons. The normalized spacial score (nSPS) is 28.1. The van der Waals surface area contributed by atoms with Gasteiger partial charge in [0.1, 0.15) is 0 Å². The predicted octanol–water partition coefficient (Wildman–Crippen LogP) is 2.11. The summed E-state index contributed by atoms with van der Waals surface area (Å²) in [6.45, 7) is 0.965. The molecule has 1 aromatic rings. The van der Waals surface area contributed by atoms with Crippen molar-refractivity contribution < 1.29 is 9.53 Å². The zero-order valence-corrected chi connectivity index (χ0v) is 10.5. The Labute approximate surface area is 107 Å². The molecule has 1 heterocycles. The number of ether oxygens (including phenoxy) is 1. The Bertz CT molecular complexity index is 454.